The van der Waals surface area contributed by atoms with Crippen molar-refractivity contribution >= 4 is 11.4 Å². The number of halogens is 1. The van der Waals surface area contributed by atoms with E-state index in [4.69, 9.17) is 0 Å². The van der Waals surface area contributed by atoms with Gasteiger partial charge < -0.3 is 4.90 Å². The fraction of sp³-hybridized carbons (Fsp3) is 0.167. The van der Waals surface area contributed by atoms with Crippen LogP contribution < -0.4 is 4.90 Å². The summed E-state index contributed by atoms with van der Waals surface area (Å²) < 4.78 is 12.8. The Morgan fingerprint density at radius 2 is 2.29 bits per heavy atom. The summed E-state index contributed by atoms with van der Waals surface area (Å²) in [6.45, 7) is -0.590. The van der Waals surface area contributed by atoms with E-state index in [1.807, 2.05) is 6.08 Å². The second-order valence-electron chi connectivity index (χ2n) is 3.60. The molecule has 0 aromatic heterocycles. The number of anilines is 1. The first-order valence-corrected chi connectivity index (χ1v) is 5.17. The van der Waals surface area contributed by atoms with Crippen molar-refractivity contribution in [3.63, 3.8) is 0 Å². The van der Waals surface area contributed by atoms with Crippen LogP contribution in [0.4, 0.5) is 15.8 Å². The van der Waals surface area contributed by atoms with Crippen molar-refractivity contribution in [2.75, 3.05) is 11.6 Å². The van der Waals surface area contributed by atoms with Crippen LogP contribution in [-0.2, 0) is 0 Å². The third kappa shape index (κ3) is 2.33. The van der Waals surface area contributed by atoms with Crippen molar-refractivity contribution in [3.8, 4) is 0 Å². The second-order valence-corrected chi connectivity index (χ2v) is 3.60. The van der Waals surface area contributed by atoms with Crippen LogP contribution >= 0.6 is 0 Å². The normalized spacial score (nSPS) is 14.6. The third-order valence-corrected chi connectivity index (χ3v) is 2.51. The Hall–Kier alpha value is -2.17. The molecule has 1 aromatic carbocycles. The molecule has 0 saturated heterocycles. The number of nitro groups is 1. The first-order valence-electron chi connectivity index (χ1n) is 5.17. The number of allylic oxidation sites excluding steroid dienone is 3. The van der Waals surface area contributed by atoms with Gasteiger partial charge in [-0.05, 0) is 12.5 Å². The van der Waals surface area contributed by atoms with Crippen molar-refractivity contribution in [1.82, 2.24) is 0 Å². The summed E-state index contributed by atoms with van der Waals surface area (Å²) in [4.78, 5) is 11.8. The molecule has 0 saturated carbocycles. The van der Waals surface area contributed by atoms with Crippen molar-refractivity contribution in [2.24, 2.45) is 0 Å². The fourth-order valence-corrected chi connectivity index (χ4v) is 1.69. The van der Waals surface area contributed by atoms with Crippen molar-refractivity contribution in [1.29, 1.82) is 0 Å². The molecule has 1 aliphatic heterocycles. The van der Waals surface area contributed by atoms with Gasteiger partial charge in [0.1, 0.15) is 6.67 Å². The number of non-ortho nitro benzene ring substituents is 1. The van der Waals surface area contributed by atoms with Gasteiger partial charge in [0.05, 0.1) is 16.3 Å². The van der Waals surface area contributed by atoms with Crippen LogP contribution in [0.5, 0.6) is 0 Å². The molecule has 1 heterocycles. The van der Waals surface area contributed by atoms with Gasteiger partial charge in [-0.2, -0.15) is 0 Å². The minimum absolute atomic E-state index is 0.000295. The number of hydrogen-bond donors (Lipinski definition) is 0. The largest absolute Gasteiger partial charge is 0.319 e. The number of rotatable bonds is 3. The van der Waals surface area contributed by atoms with E-state index in [1.165, 1.54) is 12.1 Å². The number of benzene rings is 1. The van der Waals surface area contributed by atoms with E-state index in [1.54, 1.807) is 29.3 Å². The van der Waals surface area contributed by atoms with Crippen molar-refractivity contribution < 1.29 is 9.31 Å². The molecule has 0 N–H and O–H groups in total. The molecule has 17 heavy (non-hydrogen) atoms. The molecule has 0 amide bonds. The highest BCUT2D eigenvalue weighted by molar-refractivity contribution is 5.60. The zero-order valence-electron chi connectivity index (χ0n) is 9.04. The van der Waals surface area contributed by atoms with Crippen LogP contribution in [0.15, 0.2) is 48.3 Å². The topological polar surface area (TPSA) is 46.4 Å². The molecule has 4 nitrogen and oxygen atoms in total. The SMILES string of the molecule is O=[N+]([O-])c1cccc(N2C=CCC=C2CF)c1. The highest BCUT2D eigenvalue weighted by atomic mass is 19.1. The molecule has 0 atom stereocenters. The van der Waals surface area contributed by atoms with E-state index in [-0.39, 0.29) is 5.69 Å². The maximum atomic E-state index is 12.8. The lowest BCUT2D eigenvalue weighted by Gasteiger charge is -2.24. The Labute approximate surface area is 97.8 Å². The Bertz CT molecular complexity index is 497. The van der Waals surface area contributed by atoms with Gasteiger partial charge >= 0.3 is 0 Å². The monoisotopic (exact) mass is 234 g/mol. The van der Waals surface area contributed by atoms with E-state index in [2.05, 4.69) is 0 Å². The predicted molar refractivity (Wildman–Crippen MR) is 63.4 cm³/mol. The van der Waals surface area contributed by atoms with Gasteiger partial charge in [-0.3, -0.25) is 10.1 Å². The molecule has 0 aliphatic carbocycles. The zero-order chi connectivity index (χ0) is 12.3. The highest BCUT2D eigenvalue weighted by Gasteiger charge is 2.14. The molecule has 0 unspecified atom stereocenters. The predicted octanol–water partition coefficient (Wildman–Crippen LogP) is 3.17. The summed E-state index contributed by atoms with van der Waals surface area (Å²) in [7, 11) is 0. The van der Waals surface area contributed by atoms with Crippen LogP contribution in [-0.4, -0.2) is 11.6 Å². The smallest absolute Gasteiger partial charge is 0.271 e. The maximum Gasteiger partial charge on any atom is 0.271 e. The van der Waals surface area contributed by atoms with Gasteiger partial charge in [-0.1, -0.05) is 18.2 Å². The van der Waals surface area contributed by atoms with E-state index in [0.717, 1.165) is 0 Å². The summed E-state index contributed by atoms with van der Waals surface area (Å²) in [5.41, 5.74) is 1.10. The molecule has 5 heteroatoms. The summed E-state index contributed by atoms with van der Waals surface area (Å²) in [5.74, 6) is 0. The molecule has 1 aromatic rings. The molecule has 1 aliphatic rings. The van der Waals surface area contributed by atoms with Gasteiger partial charge in [-0.15, -0.1) is 0 Å². The molecule has 0 fully saturated rings. The Morgan fingerprint density at radius 3 is 3.00 bits per heavy atom. The first-order chi connectivity index (χ1) is 8.22. The Morgan fingerprint density at radius 1 is 1.47 bits per heavy atom. The fourth-order valence-electron chi connectivity index (χ4n) is 1.69. The summed E-state index contributed by atoms with van der Waals surface area (Å²) in [6.07, 6.45) is 6.05. The standard InChI is InChI=1S/C12H11FN2O2/c13-9-12-4-1-2-7-14(12)10-5-3-6-11(8-10)15(16)17/h2-8H,1,9H2. The van der Waals surface area contributed by atoms with Crippen LogP contribution in [0.2, 0.25) is 0 Å². The van der Waals surface area contributed by atoms with Gasteiger partial charge in [0.25, 0.3) is 5.69 Å². The lowest BCUT2D eigenvalue weighted by atomic mass is 10.2. The second kappa shape index (κ2) is 4.78. The van der Waals surface area contributed by atoms with Gasteiger partial charge in [0, 0.05) is 18.3 Å². The van der Waals surface area contributed by atoms with Gasteiger partial charge in [0.2, 0.25) is 0 Å². The Kier molecular flexibility index (Phi) is 3.18. The molecule has 0 bridgehead atoms. The quantitative estimate of drug-likeness (QED) is 0.596. The van der Waals surface area contributed by atoms with Crippen molar-refractivity contribution in [2.45, 2.75) is 6.42 Å². The molecule has 88 valence electrons. The van der Waals surface area contributed by atoms with E-state index in [0.29, 0.717) is 17.8 Å². The molecule has 0 spiro atoms. The minimum atomic E-state index is -0.590. The number of hydrogen-bond acceptors (Lipinski definition) is 3. The van der Waals surface area contributed by atoms with Gasteiger partial charge in [0.15, 0.2) is 0 Å². The summed E-state index contributed by atoms with van der Waals surface area (Å²) >= 11 is 0. The lowest BCUT2D eigenvalue weighted by Crippen LogP contribution is -2.18. The minimum Gasteiger partial charge on any atom is -0.319 e. The van der Waals surface area contributed by atoms with Gasteiger partial charge in [-0.25, -0.2) is 4.39 Å². The van der Waals surface area contributed by atoms with Crippen molar-refractivity contribution in [3.05, 3.63) is 58.4 Å². The number of alkyl halides is 1. The third-order valence-electron chi connectivity index (χ3n) is 2.51. The number of nitro benzene ring substituents is 1. The van der Waals surface area contributed by atoms with Crippen LogP contribution in [0.1, 0.15) is 6.42 Å². The molecule has 0 radical (unpaired) electrons. The molecular formula is C12H11FN2O2. The lowest BCUT2D eigenvalue weighted by molar-refractivity contribution is -0.384. The zero-order valence-corrected chi connectivity index (χ0v) is 9.04. The average molecular weight is 234 g/mol. The van der Waals surface area contributed by atoms with E-state index >= 15 is 0 Å². The summed E-state index contributed by atoms with van der Waals surface area (Å²) in [6, 6.07) is 6.15. The average Bonchev–Trinajstić information content (AvgIpc) is 2.39. The molecular weight excluding hydrogens is 223 g/mol. The van der Waals surface area contributed by atoms with E-state index < -0.39 is 11.6 Å². The first kappa shape index (κ1) is 11.3. The van der Waals surface area contributed by atoms with Crippen LogP contribution in [0.3, 0.4) is 0 Å². The van der Waals surface area contributed by atoms with E-state index in [9.17, 15) is 14.5 Å². The Balaban J connectivity index is 2.36. The van der Waals surface area contributed by atoms with Crippen LogP contribution in [0.25, 0.3) is 0 Å². The van der Waals surface area contributed by atoms with Crippen LogP contribution in [0, 0.1) is 10.1 Å². The maximum absolute atomic E-state index is 12.8. The summed E-state index contributed by atoms with van der Waals surface area (Å²) in [5, 5.41) is 10.7. The highest BCUT2D eigenvalue weighted by Crippen LogP contribution is 2.26. The molecule has 2 rings (SSSR count). The number of nitrogens with zero attached hydrogens (tertiary/aromatic N) is 2.